The second kappa shape index (κ2) is 14.8. The van der Waals surface area contributed by atoms with Crippen LogP contribution in [0.1, 0.15) is 37.3 Å². The third-order valence-electron chi connectivity index (χ3n) is 6.69. The summed E-state index contributed by atoms with van der Waals surface area (Å²) in [4.78, 5) is 15.0. The molecule has 0 aliphatic carbocycles. The first-order valence-electron chi connectivity index (χ1n) is 13.3. The Hall–Kier alpha value is -3.38. The maximum Gasteiger partial charge on any atom is 0.226 e. The molecule has 7 heteroatoms. The van der Waals surface area contributed by atoms with Crippen molar-refractivity contribution in [1.29, 1.82) is 0 Å². The number of aryl methyl sites for hydroxylation is 1. The summed E-state index contributed by atoms with van der Waals surface area (Å²) in [7, 11) is 1.86. The highest BCUT2D eigenvalue weighted by Crippen LogP contribution is 2.29. The van der Waals surface area contributed by atoms with Crippen molar-refractivity contribution in [1.82, 2.24) is 4.90 Å². The Morgan fingerprint density at radius 2 is 1.57 bits per heavy atom. The number of carbonyl (C=O) groups is 1. The number of carbonyl (C=O) groups excluding carboxylic acids is 1. The summed E-state index contributed by atoms with van der Waals surface area (Å²) in [5.74, 6) is 0.925. The van der Waals surface area contributed by atoms with E-state index in [1.807, 2.05) is 86.5 Å². The van der Waals surface area contributed by atoms with Crippen LogP contribution in [-0.2, 0) is 17.8 Å². The van der Waals surface area contributed by atoms with Crippen LogP contribution in [0, 0.1) is 0 Å². The fraction of sp³-hybridized carbons (Fsp3) is 0.273. The van der Waals surface area contributed by atoms with Crippen molar-refractivity contribution < 1.29 is 19.6 Å². The number of benzene rings is 3. The van der Waals surface area contributed by atoms with Crippen molar-refractivity contribution in [2.24, 2.45) is 0 Å². The van der Waals surface area contributed by atoms with Crippen molar-refractivity contribution in [2.75, 3.05) is 13.6 Å². The Kier molecular flexibility index (Phi) is 11.6. The molecule has 4 aromatic rings. The molecule has 3 aromatic carbocycles. The first-order chi connectivity index (χ1) is 18.8. The molecule has 4 rings (SSSR count). The summed E-state index contributed by atoms with van der Waals surface area (Å²) in [6.07, 6.45) is 5.45. The molecule has 40 heavy (non-hydrogen) atoms. The van der Waals surface area contributed by atoms with Crippen LogP contribution in [0.4, 0.5) is 0 Å². The maximum atomic E-state index is 13.2. The van der Waals surface area contributed by atoms with Gasteiger partial charge in [0.05, 0.1) is 22.6 Å². The average Bonchev–Trinajstić information content (AvgIpc) is 2.93. The monoisotopic (exact) mass is 579 g/mol. The van der Waals surface area contributed by atoms with Crippen molar-refractivity contribution in [3.8, 4) is 16.9 Å². The third-order valence-corrected chi connectivity index (χ3v) is 7.43. The van der Waals surface area contributed by atoms with Gasteiger partial charge in [-0.05, 0) is 60.4 Å². The summed E-state index contributed by atoms with van der Waals surface area (Å²) in [5.41, 5.74) is 4.38. The van der Waals surface area contributed by atoms with Crippen LogP contribution < -0.4 is 9.30 Å². The van der Waals surface area contributed by atoms with Crippen LogP contribution >= 0.6 is 23.2 Å². The van der Waals surface area contributed by atoms with Crippen LogP contribution in [0.15, 0.2) is 97.3 Å². The van der Waals surface area contributed by atoms with E-state index in [9.17, 15) is 4.79 Å². The van der Waals surface area contributed by atoms with Gasteiger partial charge in [0.1, 0.15) is 12.3 Å². The van der Waals surface area contributed by atoms with E-state index >= 15 is 0 Å². The predicted octanol–water partition coefficient (Wildman–Crippen LogP) is 6.79. The van der Waals surface area contributed by atoms with Gasteiger partial charge in [-0.3, -0.25) is 4.79 Å². The summed E-state index contributed by atoms with van der Waals surface area (Å²) < 4.78 is 7.98. The van der Waals surface area contributed by atoms with E-state index in [1.54, 1.807) is 0 Å². The van der Waals surface area contributed by atoms with Gasteiger partial charge >= 0.3 is 0 Å². The number of pyridine rings is 1. The summed E-state index contributed by atoms with van der Waals surface area (Å²) in [6.45, 7) is 5.35. The Labute approximate surface area is 247 Å². The molecule has 1 amide bonds. The zero-order chi connectivity index (χ0) is 27.8. The van der Waals surface area contributed by atoms with Gasteiger partial charge in [-0.2, -0.15) is 0 Å². The summed E-state index contributed by atoms with van der Waals surface area (Å²) >= 11 is 12.6. The molecule has 1 atom stereocenters. The van der Waals surface area contributed by atoms with E-state index in [4.69, 9.17) is 27.9 Å². The zero-order valence-electron chi connectivity index (χ0n) is 23.2. The lowest BCUT2D eigenvalue weighted by Gasteiger charge is -2.24. The number of hydrogen-bond donors (Lipinski definition) is 0. The number of rotatable bonds is 11. The van der Waals surface area contributed by atoms with Gasteiger partial charge in [0.2, 0.25) is 5.91 Å². The minimum absolute atomic E-state index is 0. The van der Waals surface area contributed by atoms with Crippen LogP contribution in [0.5, 0.6) is 5.75 Å². The third kappa shape index (κ3) is 8.82. The van der Waals surface area contributed by atoms with E-state index in [-0.39, 0.29) is 23.4 Å². The Morgan fingerprint density at radius 1 is 0.875 bits per heavy atom. The van der Waals surface area contributed by atoms with E-state index in [1.165, 1.54) is 11.1 Å². The fourth-order valence-corrected chi connectivity index (χ4v) is 4.91. The largest absolute Gasteiger partial charge is 0.491 e. The molecule has 210 valence electrons. The molecule has 0 saturated carbocycles. The highest BCUT2D eigenvalue weighted by Gasteiger charge is 2.21. The number of aromatic nitrogens is 1. The molecule has 1 aromatic heterocycles. The van der Waals surface area contributed by atoms with E-state index < -0.39 is 0 Å². The van der Waals surface area contributed by atoms with Crippen molar-refractivity contribution in [2.45, 2.75) is 45.3 Å². The van der Waals surface area contributed by atoms with E-state index in [0.29, 0.717) is 23.0 Å². The molecule has 0 radical (unpaired) electrons. The van der Waals surface area contributed by atoms with Crippen LogP contribution in [0.25, 0.3) is 11.1 Å². The molecule has 5 nitrogen and oxygen atoms in total. The van der Waals surface area contributed by atoms with Gasteiger partial charge in [-0.15, -0.1) is 0 Å². The van der Waals surface area contributed by atoms with Gasteiger partial charge < -0.3 is 15.1 Å². The molecular weight excluding hydrogens is 543 g/mol. The quantitative estimate of drug-likeness (QED) is 0.184. The van der Waals surface area contributed by atoms with Crippen LogP contribution in [0.3, 0.4) is 0 Å². The van der Waals surface area contributed by atoms with Gasteiger partial charge in [0, 0.05) is 38.1 Å². The highest BCUT2D eigenvalue weighted by atomic mass is 35.5. The molecule has 1 unspecified atom stereocenters. The Morgan fingerprint density at radius 3 is 2.25 bits per heavy atom. The maximum absolute atomic E-state index is 13.2. The SMILES string of the molecule is CC(C)Oc1cccc(CC(=O)N(C)CC(CC[n+]2ccc(-c3ccccc3)cc2)c2ccc(Cl)c(Cl)c2)c1.O. The van der Waals surface area contributed by atoms with Gasteiger partial charge in [-0.25, -0.2) is 4.57 Å². The van der Waals surface area contributed by atoms with Gasteiger partial charge in [0.25, 0.3) is 0 Å². The molecule has 0 bridgehead atoms. The number of hydrogen-bond acceptors (Lipinski definition) is 2. The molecule has 0 aliphatic rings. The lowest BCUT2D eigenvalue weighted by Crippen LogP contribution is -2.36. The van der Waals surface area contributed by atoms with Crippen LogP contribution in [0.2, 0.25) is 10.0 Å². The molecule has 0 aliphatic heterocycles. The van der Waals surface area contributed by atoms with Gasteiger partial charge in [-0.1, -0.05) is 71.7 Å². The first-order valence-corrected chi connectivity index (χ1v) is 14.0. The Bertz CT molecular complexity index is 1380. The molecular formula is C33H37Cl2N2O3+. The van der Waals surface area contributed by atoms with Crippen molar-refractivity contribution in [3.05, 3.63) is 118 Å². The zero-order valence-corrected chi connectivity index (χ0v) is 24.7. The second-order valence-electron chi connectivity index (χ2n) is 10.1. The number of nitrogens with zero attached hydrogens (tertiary/aromatic N) is 2. The molecule has 0 fully saturated rings. The molecule has 0 spiro atoms. The predicted molar refractivity (Wildman–Crippen MR) is 163 cm³/mol. The highest BCUT2D eigenvalue weighted by molar-refractivity contribution is 6.42. The summed E-state index contributed by atoms with van der Waals surface area (Å²) in [5, 5.41) is 1.05. The minimum atomic E-state index is 0. The summed E-state index contributed by atoms with van der Waals surface area (Å²) in [6, 6.07) is 28.1. The lowest BCUT2D eigenvalue weighted by molar-refractivity contribution is -0.697. The topological polar surface area (TPSA) is 64.9 Å². The number of likely N-dealkylation sites (N-methyl/N-ethyl adjacent to an activating group) is 1. The van der Waals surface area contributed by atoms with Crippen molar-refractivity contribution in [3.63, 3.8) is 0 Å². The standard InChI is InChI=1S/C33H35Cl2N2O2.H2O/c1-24(2)39-30-11-7-8-25(20-30)21-33(38)36(3)23-29(28-12-13-31(34)32(35)22-28)16-19-37-17-14-27(15-18-37)26-9-5-4-6-10-26;/h4-15,17-18,20,22,24,29H,16,19,21,23H2,1-3H3;1H2/q+1;. The smallest absolute Gasteiger partial charge is 0.226 e. The van der Waals surface area contributed by atoms with Crippen molar-refractivity contribution >= 4 is 29.1 Å². The van der Waals surface area contributed by atoms with E-state index in [2.05, 4.69) is 41.2 Å². The van der Waals surface area contributed by atoms with E-state index in [0.717, 1.165) is 29.8 Å². The van der Waals surface area contributed by atoms with Crippen LogP contribution in [-0.4, -0.2) is 36.0 Å². The molecule has 0 saturated heterocycles. The normalized spacial score (nSPS) is 11.6. The minimum Gasteiger partial charge on any atom is -0.491 e. The number of halogens is 2. The Balaban J connectivity index is 0.00000441. The molecule has 2 N–H and O–H groups in total. The number of ether oxygens (including phenoxy) is 1. The average molecular weight is 581 g/mol. The number of amides is 1. The first kappa shape index (κ1) is 31.2. The lowest BCUT2D eigenvalue weighted by atomic mass is 9.94. The van der Waals surface area contributed by atoms with Gasteiger partial charge in [0.15, 0.2) is 12.4 Å². The molecule has 1 heterocycles. The fourth-order valence-electron chi connectivity index (χ4n) is 4.61. The second-order valence-corrected chi connectivity index (χ2v) is 10.9.